The summed E-state index contributed by atoms with van der Waals surface area (Å²) in [5, 5.41) is 9.55. The van der Waals surface area contributed by atoms with Crippen molar-refractivity contribution in [3.63, 3.8) is 0 Å². The van der Waals surface area contributed by atoms with Crippen molar-refractivity contribution in [2.75, 3.05) is 24.3 Å². The Morgan fingerprint density at radius 1 is 1.12 bits per heavy atom. The van der Waals surface area contributed by atoms with Crippen LogP contribution in [0.2, 0.25) is 5.02 Å². The van der Waals surface area contributed by atoms with Crippen molar-refractivity contribution in [2.45, 2.75) is 6.54 Å². The second kappa shape index (κ2) is 6.97. The maximum absolute atomic E-state index is 6.31. The zero-order chi connectivity index (χ0) is 18.1. The molecule has 7 heteroatoms. The Labute approximate surface area is 160 Å². The van der Waals surface area contributed by atoms with Gasteiger partial charge in [0.05, 0.1) is 16.9 Å². The van der Waals surface area contributed by atoms with Gasteiger partial charge < -0.3 is 10.2 Å². The standard InChI is InChI=1S/C19H18ClN5S/c1-24(2)14-9-7-13(8-10-14)11-21-18-23-25-17(12-22-19(25)26-18)15-5-3-4-6-16(15)20/h3-10,12H,11H2,1-2H3,(H,21,23). The Balaban J connectivity index is 1.54. The first-order chi connectivity index (χ1) is 12.6. The monoisotopic (exact) mass is 383 g/mol. The number of aromatic nitrogens is 3. The molecule has 4 aromatic rings. The number of hydrogen-bond donors (Lipinski definition) is 1. The first-order valence-electron chi connectivity index (χ1n) is 8.21. The van der Waals surface area contributed by atoms with Crippen LogP contribution in [0.5, 0.6) is 0 Å². The van der Waals surface area contributed by atoms with E-state index in [9.17, 15) is 0 Å². The van der Waals surface area contributed by atoms with E-state index in [4.69, 9.17) is 11.6 Å². The van der Waals surface area contributed by atoms with E-state index in [0.29, 0.717) is 11.6 Å². The Morgan fingerprint density at radius 3 is 2.62 bits per heavy atom. The molecule has 26 heavy (non-hydrogen) atoms. The first-order valence-corrected chi connectivity index (χ1v) is 9.41. The molecule has 2 heterocycles. The highest BCUT2D eigenvalue weighted by Gasteiger charge is 2.13. The number of benzene rings is 2. The molecule has 132 valence electrons. The van der Waals surface area contributed by atoms with E-state index in [-0.39, 0.29) is 0 Å². The minimum absolute atomic E-state index is 0.692. The quantitative estimate of drug-likeness (QED) is 0.538. The fraction of sp³-hybridized carbons (Fsp3) is 0.158. The molecule has 2 aromatic carbocycles. The van der Waals surface area contributed by atoms with Gasteiger partial charge in [0.15, 0.2) is 0 Å². The van der Waals surface area contributed by atoms with Gasteiger partial charge in [0.2, 0.25) is 10.1 Å². The maximum atomic E-state index is 6.31. The first kappa shape index (κ1) is 16.9. The number of imidazole rings is 1. The normalized spacial score (nSPS) is 11.0. The summed E-state index contributed by atoms with van der Waals surface area (Å²) < 4.78 is 1.84. The second-order valence-corrected chi connectivity index (χ2v) is 7.50. The van der Waals surface area contributed by atoms with E-state index in [1.165, 1.54) is 22.6 Å². The Kier molecular flexibility index (Phi) is 4.53. The average molecular weight is 384 g/mol. The van der Waals surface area contributed by atoms with Crippen LogP contribution in [0.1, 0.15) is 5.56 Å². The summed E-state index contributed by atoms with van der Waals surface area (Å²) >= 11 is 7.84. The van der Waals surface area contributed by atoms with Gasteiger partial charge in [-0.1, -0.05) is 53.3 Å². The molecule has 0 spiro atoms. The SMILES string of the molecule is CN(C)c1ccc(CNc2nn3c(-c4ccccc4Cl)cnc3s2)cc1. The topological polar surface area (TPSA) is 45.5 Å². The zero-order valence-electron chi connectivity index (χ0n) is 14.5. The molecule has 0 atom stereocenters. The molecule has 0 saturated carbocycles. The molecule has 0 unspecified atom stereocenters. The third-order valence-corrected chi connectivity index (χ3v) is 5.34. The van der Waals surface area contributed by atoms with Crippen LogP contribution in [0.3, 0.4) is 0 Å². The minimum Gasteiger partial charge on any atom is -0.378 e. The van der Waals surface area contributed by atoms with Crippen molar-refractivity contribution in [1.82, 2.24) is 14.6 Å². The molecule has 2 aromatic heterocycles. The lowest BCUT2D eigenvalue weighted by atomic mass is 10.2. The number of nitrogens with one attached hydrogen (secondary N) is 1. The summed E-state index contributed by atoms with van der Waals surface area (Å²) in [6.07, 6.45) is 1.81. The Hall–Kier alpha value is -2.57. The molecule has 0 aliphatic carbocycles. The third-order valence-electron chi connectivity index (χ3n) is 4.13. The second-order valence-electron chi connectivity index (χ2n) is 6.14. The highest BCUT2D eigenvalue weighted by atomic mass is 35.5. The maximum Gasteiger partial charge on any atom is 0.214 e. The van der Waals surface area contributed by atoms with E-state index in [2.05, 4.69) is 44.6 Å². The smallest absolute Gasteiger partial charge is 0.214 e. The fourth-order valence-electron chi connectivity index (χ4n) is 2.71. The number of hydrogen-bond acceptors (Lipinski definition) is 5. The van der Waals surface area contributed by atoms with E-state index in [1.54, 1.807) is 0 Å². The van der Waals surface area contributed by atoms with Crippen LogP contribution in [0.15, 0.2) is 54.7 Å². The lowest BCUT2D eigenvalue weighted by Crippen LogP contribution is -2.08. The number of nitrogens with zero attached hydrogens (tertiary/aromatic N) is 4. The minimum atomic E-state index is 0.692. The number of fused-ring (bicyclic) bond motifs is 1. The number of halogens is 1. The molecule has 5 nitrogen and oxygen atoms in total. The van der Waals surface area contributed by atoms with E-state index in [0.717, 1.165) is 21.3 Å². The van der Waals surface area contributed by atoms with E-state index >= 15 is 0 Å². The molecular formula is C19H18ClN5S. The van der Waals surface area contributed by atoms with Gasteiger partial charge in [-0.05, 0) is 23.8 Å². The summed E-state index contributed by atoms with van der Waals surface area (Å²) in [6, 6.07) is 16.2. The van der Waals surface area contributed by atoms with Gasteiger partial charge in [0, 0.05) is 31.9 Å². The summed E-state index contributed by atoms with van der Waals surface area (Å²) in [7, 11) is 4.07. The molecular weight excluding hydrogens is 366 g/mol. The molecule has 0 bridgehead atoms. The third kappa shape index (κ3) is 3.25. The van der Waals surface area contributed by atoms with Crippen LogP contribution in [0.25, 0.3) is 16.2 Å². The van der Waals surface area contributed by atoms with Gasteiger partial charge in [-0.25, -0.2) is 9.50 Å². The van der Waals surface area contributed by atoms with Gasteiger partial charge in [-0.15, -0.1) is 5.10 Å². The average Bonchev–Trinajstić information content (AvgIpc) is 3.21. The Morgan fingerprint density at radius 2 is 1.88 bits per heavy atom. The molecule has 0 saturated heterocycles. The van der Waals surface area contributed by atoms with Crippen molar-refractivity contribution < 1.29 is 0 Å². The van der Waals surface area contributed by atoms with Gasteiger partial charge >= 0.3 is 0 Å². The summed E-state index contributed by atoms with van der Waals surface area (Å²) in [5.41, 5.74) is 4.21. The van der Waals surface area contributed by atoms with Gasteiger partial charge in [0.25, 0.3) is 0 Å². The number of rotatable bonds is 5. The van der Waals surface area contributed by atoms with Crippen molar-refractivity contribution in [3.8, 4) is 11.3 Å². The molecule has 4 rings (SSSR count). The van der Waals surface area contributed by atoms with E-state index in [1.807, 2.05) is 49.1 Å². The van der Waals surface area contributed by atoms with Crippen LogP contribution in [-0.2, 0) is 6.54 Å². The van der Waals surface area contributed by atoms with Crippen LogP contribution in [0, 0.1) is 0 Å². The summed E-state index contributed by atoms with van der Waals surface area (Å²) in [5.74, 6) is 0. The number of anilines is 2. The largest absolute Gasteiger partial charge is 0.378 e. The van der Waals surface area contributed by atoms with Crippen LogP contribution in [-0.4, -0.2) is 28.7 Å². The van der Waals surface area contributed by atoms with E-state index < -0.39 is 0 Å². The van der Waals surface area contributed by atoms with Crippen LogP contribution in [0.4, 0.5) is 10.8 Å². The predicted octanol–water partition coefficient (Wildman–Crippen LogP) is 4.79. The van der Waals surface area contributed by atoms with Crippen molar-refractivity contribution >= 4 is 38.7 Å². The molecule has 1 N–H and O–H groups in total. The fourth-order valence-corrected chi connectivity index (χ4v) is 3.71. The van der Waals surface area contributed by atoms with Gasteiger partial charge in [-0.3, -0.25) is 0 Å². The summed E-state index contributed by atoms with van der Waals surface area (Å²) in [4.78, 5) is 7.38. The molecule has 0 aliphatic rings. The molecule has 0 radical (unpaired) electrons. The summed E-state index contributed by atoms with van der Waals surface area (Å²) in [6.45, 7) is 0.714. The van der Waals surface area contributed by atoms with Crippen molar-refractivity contribution in [3.05, 3.63) is 65.3 Å². The van der Waals surface area contributed by atoms with Crippen molar-refractivity contribution in [1.29, 1.82) is 0 Å². The van der Waals surface area contributed by atoms with Gasteiger partial charge in [-0.2, -0.15) is 0 Å². The van der Waals surface area contributed by atoms with Crippen LogP contribution >= 0.6 is 22.9 Å². The van der Waals surface area contributed by atoms with Gasteiger partial charge in [0.1, 0.15) is 0 Å². The predicted molar refractivity (Wildman–Crippen MR) is 109 cm³/mol. The highest BCUT2D eigenvalue weighted by Crippen LogP contribution is 2.30. The molecule has 0 amide bonds. The van der Waals surface area contributed by atoms with Crippen molar-refractivity contribution in [2.24, 2.45) is 0 Å². The zero-order valence-corrected chi connectivity index (χ0v) is 16.1. The lowest BCUT2D eigenvalue weighted by Gasteiger charge is -2.12. The molecule has 0 fully saturated rings. The highest BCUT2D eigenvalue weighted by molar-refractivity contribution is 7.20. The molecule has 0 aliphatic heterocycles. The lowest BCUT2D eigenvalue weighted by molar-refractivity contribution is 0.968. The van der Waals surface area contributed by atoms with Crippen LogP contribution < -0.4 is 10.2 Å². The Bertz CT molecular complexity index is 1040.